The summed E-state index contributed by atoms with van der Waals surface area (Å²) >= 11 is 0. The van der Waals surface area contributed by atoms with Gasteiger partial charge in [0, 0.05) is 38.2 Å². The third kappa shape index (κ3) is 3.34. The minimum atomic E-state index is -0.317. The molecule has 0 radical (unpaired) electrons. The molecule has 132 valence electrons. The van der Waals surface area contributed by atoms with Crippen LogP contribution in [-0.2, 0) is 6.54 Å². The second-order valence-corrected chi connectivity index (χ2v) is 6.67. The third-order valence-electron chi connectivity index (χ3n) is 5.09. The summed E-state index contributed by atoms with van der Waals surface area (Å²) in [7, 11) is 0. The monoisotopic (exact) mass is 343 g/mol. The molecule has 25 heavy (non-hydrogen) atoms. The van der Waals surface area contributed by atoms with Gasteiger partial charge in [-0.05, 0) is 18.9 Å². The van der Waals surface area contributed by atoms with Crippen LogP contribution in [0.15, 0.2) is 28.7 Å². The molecule has 1 saturated carbocycles. The zero-order valence-corrected chi connectivity index (χ0v) is 14.0. The molecule has 1 aliphatic heterocycles. The number of rotatable bonds is 5. The molecule has 2 aliphatic rings. The van der Waals surface area contributed by atoms with E-state index >= 15 is 0 Å². The third-order valence-corrected chi connectivity index (χ3v) is 5.09. The van der Waals surface area contributed by atoms with Crippen molar-refractivity contribution in [1.82, 2.24) is 15.1 Å². The molecule has 1 aliphatic carbocycles. The number of nitro benzene ring substituents is 1. The zero-order chi connectivity index (χ0) is 17.2. The largest absolute Gasteiger partial charge is 0.424 e. The Morgan fingerprint density at radius 1 is 1.16 bits per heavy atom. The van der Waals surface area contributed by atoms with E-state index in [-0.39, 0.29) is 10.6 Å². The molecule has 1 aromatic carbocycles. The van der Waals surface area contributed by atoms with Crippen molar-refractivity contribution in [3.63, 3.8) is 0 Å². The first kappa shape index (κ1) is 16.0. The molecular formula is C17H21N5O3. The van der Waals surface area contributed by atoms with Gasteiger partial charge in [0.05, 0.1) is 11.5 Å². The lowest BCUT2D eigenvalue weighted by Crippen LogP contribution is -2.46. The summed E-state index contributed by atoms with van der Waals surface area (Å²) < 4.78 is 5.79. The van der Waals surface area contributed by atoms with Crippen LogP contribution in [-0.4, -0.2) is 46.2 Å². The summed E-state index contributed by atoms with van der Waals surface area (Å²) in [6.45, 7) is 3.76. The normalized spacial score (nSPS) is 19.0. The van der Waals surface area contributed by atoms with Crippen molar-refractivity contribution < 1.29 is 9.34 Å². The summed E-state index contributed by atoms with van der Waals surface area (Å²) in [5.74, 6) is 1.90. The molecule has 1 aromatic heterocycles. The van der Waals surface area contributed by atoms with Gasteiger partial charge >= 0.3 is 0 Å². The number of hydrogen-bond acceptors (Lipinski definition) is 7. The van der Waals surface area contributed by atoms with Gasteiger partial charge in [-0.2, -0.15) is 0 Å². The summed E-state index contributed by atoms with van der Waals surface area (Å²) in [6.07, 6.45) is 3.54. The van der Waals surface area contributed by atoms with Crippen molar-refractivity contribution in [2.24, 2.45) is 0 Å². The maximum Gasteiger partial charge on any atom is 0.292 e. The van der Waals surface area contributed by atoms with Gasteiger partial charge in [0.25, 0.3) is 5.69 Å². The van der Waals surface area contributed by atoms with Crippen LogP contribution in [0.4, 0.5) is 11.4 Å². The Morgan fingerprint density at radius 3 is 2.60 bits per heavy atom. The number of nitrogens with zero attached hydrogens (tertiary/aromatic N) is 5. The Morgan fingerprint density at radius 2 is 1.92 bits per heavy atom. The molecule has 2 aromatic rings. The number of para-hydroxylation sites is 2. The zero-order valence-electron chi connectivity index (χ0n) is 14.0. The van der Waals surface area contributed by atoms with Gasteiger partial charge in [-0.15, -0.1) is 10.2 Å². The topological polar surface area (TPSA) is 88.5 Å². The quantitative estimate of drug-likeness (QED) is 0.609. The van der Waals surface area contributed by atoms with Gasteiger partial charge in [0.2, 0.25) is 11.8 Å². The predicted octanol–water partition coefficient (Wildman–Crippen LogP) is 2.57. The van der Waals surface area contributed by atoms with Crippen molar-refractivity contribution in [2.75, 3.05) is 31.1 Å². The molecule has 1 saturated heterocycles. The Kier molecular flexibility index (Phi) is 4.35. The fourth-order valence-electron chi connectivity index (χ4n) is 3.37. The van der Waals surface area contributed by atoms with Gasteiger partial charge in [-0.25, -0.2) is 0 Å². The lowest BCUT2D eigenvalue weighted by Gasteiger charge is -2.35. The van der Waals surface area contributed by atoms with Crippen molar-refractivity contribution in [3.05, 3.63) is 46.2 Å². The summed E-state index contributed by atoms with van der Waals surface area (Å²) in [5, 5.41) is 19.5. The number of hydrogen-bond donors (Lipinski definition) is 0. The standard InChI is InChI=1S/C17H21N5O3/c23-22(24)15-7-2-1-6-14(15)21-10-8-20(9-11-21)12-16-18-19-17(25-16)13-4-3-5-13/h1-2,6-7,13H,3-5,8-12H2. The van der Waals surface area contributed by atoms with Gasteiger partial charge < -0.3 is 9.32 Å². The molecule has 0 bridgehead atoms. The molecule has 0 unspecified atom stereocenters. The first-order chi connectivity index (χ1) is 12.2. The van der Waals surface area contributed by atoms with E-state index in [0.717, 1.165) is 44.9 Å². The summed E-state index contributed by atoms with van der Waals surface area (Å²) in [5.41, 5.74) is 0.857. The molecule has 0 spiro atoms. The fraction of sp³-hybridized carbons (Fsp3) is 0.529. The van der Waals surface area contributed by atoms with Crippen LogP contribution in [0.2, 0.25) is 0 Å². The van der Waals surface area contributed by atoms with E-state index in [9.17, 15) is 10.1 Å². The minimum absolute atomic E-state index is 0.165. The van der Waals surface area contributed by atoms with Crippen LogP contribution in [0.1, 0.15) is 37.0 Å². The predicted molar refractivity (Wildman–Crippen MR) is 91.5 cm³/mol. The highest BCUT2D eigenvalue weighted by Gasteiger charge is 2.27. The molecule has 4 rings (SSSR count). The first-order valence-corrected chi connectivity index (χ1v) is 8.74. The van der Waals surface area contributed by atoms with Crippen LogP contribution >= 0.6 is 0 Å². The summed E-state index contributed by atoms with van der Waals surface area (Å²) in [6, 6.07) is 6.92. The number of benzene rings is 1. The van der Waals surface area contributed by atoms with Crippen LogP contribution < -0.4 is 4.90 Å². The van der Waals surface area contributed by atoms with Gasteiger partial charge in [-0.1, -0.05) is 18.6 Å². The van der Waals surface area contributed by atoms with Crippen LogP contribution in [0.3, 0.4) is 0 Å². The highest BCUT2D eigenvalue weighted by molar-refractivity contribution is 5.63. The Balaban J connectivity index is 1.35. The van der Waals surface area contributed by atoms with Crippen molar-refractivity contribution in [2.45, 2.75) is 31.7 Å². The second-order valence-electron chi connectivity index (χ2n) is 6.67. The molecular weight excluding hydrogens is 322 g/mol. The average Bonchev–Trinajstić information content (AvgIpc) is 3.02. The van der Waals surface area contributed by atoms with Crippen molar-refractivity contribution >= 4 is 11.4 Å². The molecule has 8 nitrogen and oxygen atoms in total. The Bertz CT molecular complexity index is 750. The molecule has 2 fully saturated rings. The molecule has 0 atom stereocenters. The van der Waals surface area contributed by atoms with Crippen LogP contribution in [0.5, 0.6) is 0 Å². The average molecular weight is 343 g/mol. The maximum atomic E-state index is 11.2. The van der Waals surface area contributed by atoms with E-state index in [0.29, 0.717) is 24.0 Å². The molecule has 8 heteroatoms. The smallest absolute Gasteiger partial charge is 0.292 e. The number of piperazine rings is 1. The Labute approximate surface area is 145 Å². The highest BCUT2D eigenvalue weighted by atomic mass is 16.6. The van der Waals surface area contributed by atoms with E-state index in [1.54, 1.807) is 12.1 Å². The number of aromatic nitrogens is 2. The Hall–Kier alpha value is -2.48. The minimum Gasteiger partial charge on any atom is -0.424 e. The molecule has 2 heterocycles. The summed E-state index contributed by atoms with van der Waals surface area (Å²) in [4.78, 5) is 15.2. The van der Waals surface area contributed by atoms with Crippen molar-refractivity contribution in [3.8, 4) is 0 Å². The molecule has 0 N–H and O–H groups in total. The van der Waals surface area contributed by atoms with Gasteiger partial charge in [0.15, 0.2) is 0 Å². The van der Waals surface area contributed by atoms with Gasteiger partial charge in [0.1, 0.15) is 5.69 Å². The van der Waals surface area contributed by atoms with E-state index in [4.69, 9.17) is 4.42 Å². The number of nitro groups is 1. The highest BCUT2D eigenvalue weighted by Crippen LogP contribution is 2.35. The lowest BCUT2D eigenvalue weighted by molar-refractivity contribution is -0.384. The lowest BCUT2D eigenvalue weighted by atomic mass is 9.85. The second kappa shape index (κ2) is 6.79. The van der Waals surface area contributed by atoms with Crippen LogP contribution in [0, 0.1) is 10.1 Å². The van der Waals surface area contributed by atoms with E-state index < -0.39 is 0 Å². The van der Waals surface area contributed by atoms with E-state index in [1.807, 2.05) is 12.1 Å². The maximum absolute atomic E-state index is 11.2. The SMILES string of the molecule is O=[N+]([O-])c1ccccc1N1CCN(Cc2nnc(C3CCC3)o2)CC1. The first-order valence-electron chi connectivity index (χ1n) is 8.74. The van der Waals surface area contributed by atoms with E-state index in [1.165, 1.54) is 6.42 Å². The van der Waals surface area contributed by atoms with E-state index in [2.05, 4.69) is 20.0 Å². The van der Waals surface area contributed by atoms with Crippen molar-refractivity contribution in [1.29, 1.82) is 0 Å². The molecule has 0 amide bonds. The van der Waals surface area contributed by atoms with Crippen LogP contribution in [0.25, 0.3) is 0 Å². The van der Waals surface area contributed by atoms with Gasteiger partial charge in [-0.3, -0.25) is 15.0 Å². The number of anilines is 1. The fourth-order valence-corrected chi connectivity index (χ4v) is 3.37.